The van der Waals surface area contributed by atoms with Crippen LogP contribution in [0.15, 0.2) is 17.0 Å². The summed E-state index contributed by atoms with van der Waals surface area (Å²) in [5.74, 6) is -1.60. The van der Waals surface area contributed by atoms with Gasteiger partial charge in [0.1, 0.15) is 0 Å². The van der Waals surface area contributed by atoms with Crippen LogP contribution in [0.4, 0.5) is 5.69 Å². The Morgan fingerprint density at radius 3 is 2.38 bits per heavy atom. The van der Waals surface area contributed by atoms with Crippen molar-refractivity contribution in [2.24, 2.45) is 0 Å². The number of rotatable bonds is 6. The maximum Gasteiger partial charge on any atom is 0.333 e. The predicted molar refractivity (Wildman–Crippen MR) is 71.4 cm³/mol. The predicted octanol–water partition coefficient (Wildman–Crippen LogP) is -0.0646. The number of aliphatic carboxylic acids is 1. The van der Waals surface area contributed by atoms with Gasteiger partial charge in [-0.25, -0.2) is 17.9 Å². The first-order valence-electron chi connectivity index (χ1n) is 5.72. The van der Waals surface area contributed by atoms with E-state index in [1.54, 1.807) is 13.8 Å². The Labute approximate surface area is 120 Å². The summed E-state index contributed by atoms with van der Waals surface area (Å²) in [6, 6.07) is 2.25. The summed E-state index contributed by atoms with van der Waals surface area (Å²) >= 11 is 0. The van der Waals surface area contributed by atoms with Crippen LogP contribution in [-0.4, -0.2) is 42.2 Å². The highest BCUT2D eigenvalue weighted by molar-refractivity contribution is 7.89. The number of sulfonamides is 1. The summed E-state index contributed by atoms with van der Waals surface area (Å²) in [6.07, 6.45) is -1.94. The molecule has 0 amide bonds. The molecule has 0 aliphatic heterocycles. The third kappa shape index (κ3) is 3.97. The smallest absolute Gasteiger partial charge is 0.333 e. The van der Waals surface area contributed by atoms with Crippen LogP contribution in [0.2, 0.25) is 0 Å². The molecule has 0 heterocycles. The standard InChI is InChI=1S/C11H14N2O7S/c1-6-3-8(13(17)18)10(4-7(6)2)21(19,20)12-5-9(14)11(15)16/h3-4,9,12,14H,5H2,1-2H3,(H,15,16)/t9-/m0/s1. The van der Waals surface area contributed by atoms with Crippen molar-refractivity contribution in [3.8, 4) is 0 Å². The molecular formula is C11H14N2O7S. The zero-order valence-electron chi connectivity index (χ0n) is 11.2. The number of carbonyl (C=O) groups is 1. The lowest BCUT2D eigenvalue weighted by atomic mass is 10.1. The molecule has 0 aliphatic carbocycles. The molecule has 21 heavy (non-hydrogen) atoms. The first kappa shape index (κ1) is 17.0. The van der Waals surface area contributed by atoms with E-state index in [-0.39, 0.29) is 0 Å². The zero-order valence-corrected chi connectivity index (χ0v) is 12.0. The van der Waals surface area contributed by atoms with Crippen LogP contribution in [0, 0.1) is 24.0 Å². The van der Waals surface area contributed by atoms with Crippen LogP contribution >= 0.6 is 0 Å². The fraction of sp³-hybridized carbons (Fsp3) is 0.364. The molecule has 10 heteroatoms. The highest BCUT2D eigenvalue weighted by atomic mass is 32.2. The molecule has 0 aromatic heterocycles. The van der Waals surface area contributed by atoms with E-state index in [0.29, 0.717) is 11.1 Å². The monoisotopic (exact) mass is 318 g/mol. The van der Waals surface area contributed by atoms with E-state index in [1.807, 2.05) is 4.72 Å². The normalized spacial score (nSPS) is 12.9. The van der Waals surface area contributed by atoms with Crippen molar-refractivity contribution in [3.05, 3.63) is 33.4 Å². The Morgan fingerprint density at radius 2 is 1.90 bits per heavy atom. The van der Waals surface area contributed by atoms with Crippen molar-refractivity contribution in [2.75, 3.05) is 6.54 Å². The van der Waals surface area contributed by atoms with Gasteiger partial charge in [0.05, 0.1) is 4.92 Å². The van der Waals surface area contributed by atoms with Gasteiger partial charge in [0.25, 0.3) is 5.69 Å². The first-order valence-corrected chi connectivity index (χ1v) is 7.20. The second-order valence-corrected chi connectivity index (χ2v) is 6.10. The Bertz CT molecular complexity index is 684. The van der Waals surface area contributed by atoms with Gasteiger partial charge in [0.2, 0.25) is 10.0 Å². The van der Waals surface area contributed by atoms with E-state index < -0.39 is 44.1 Å². The van der Waals surface area contributed by atoms with Crippen molar-refractivity contribution < 1.29 is 28.3 Å². The molecule has 0 saturated carbocycles. The quantitative estimate of drug-likeness (QED) is 0.491. The van der Waals surface area contributed by atoms with Gasteiger partial charge >= 0.3 is 5.97 Å². The average Bonchev–Trinajstić information content (AvgIpc) is 2.38. The van der Waals surface area contributed by atoms with E-state index in [0.717, 1.165) is 12.1 Å². The molecule has 1 atom stereocenters. The summed E-state index contributed by atoms with van der Waals surface area (Å²) < 4.78 is 25.9. The molecule has 0 spiro atoms. The van der Waals surface area contributed by atoms with E-state index in [1.165, 1.54) is 0 Å². The second-order valence-electron chi connectivity index (χ2n) is 4.37. The maximum atomic E-state index is 12.0. The van der Waals surface area contributed by atoms with Crippen LogP contribution in [0.5, 0.6) is 0 Å². The van der Waals surface area contributed by atoms with Crippen LogP contribution in [-0.2, 0) is 14.8 Å². The van der Waals surface area contributed by atoms with Gasteiger partial charge in [-0.3, -0.25) is 10.1 Å². The number of nitrogens with zero attached hydrogens (tertiary/aromatic N) is 1. The number of nitro benzene ring substituents is 1. The molecule has 0 unspecified atom stereocenters. The lowest BCUT2D eigenvalue weighted by molar-refractivity contribution is -0.387. The van der Waals surface area contributed by atoms with Crippen molar-refractivity contribution >= 4 is 21.7 Å². The Kier molecular flexibility index (Phi) is 4.99. The van der Waals surface area contributed by atoms with Crippen LogP contribution in [0.3, 0.4) is 0 Å². The Morgan fingerprint density at radius 1 is 1.38 bits per heavy atom. The van der Waals surface area contributed by atoms with Gasteiger partial charge in [-0.2, -0.15) is 0 Å². The fourth-order valence-electron chi connectivity index (χ4n) is 1.49. The number of aliphatic hydroxyl groups is 1. The number of carboxylic acids is 1. The number of nitrogens with one attached hydrogen (secondary N) is 1. The highest BCUT2D eigenvalue weighted by Crippen LogP contribution is 2.27. The summed E-state index contributed by atoms with van der Waals surface area (Å²) in [6.45, 7) is 2.40. The van der Waals surface area contributed by atoms with Crippen molar-refractivity contribution in [1.29, 1.82) is 0 Å². The lowest BCUT2D eigenvalue weighted by Gasteiger charge is -2.10. The number of hydrogen-bond acceptors (Lipinski definition) is 6. The highest BCUT2D eigenvalue weighted by Gasteiger charge is 2.28. The number of benzene rings is 1. The van der Waals surface area contributed by atoms with Crippen LogP contribution in [0.1, 0.15) is 11.1 Å². The maximum absolute atomic E-state index is 12.0. The molecule has 0 fully saturated rings. The molecule has 0 saturated heterocycles. The fourth-order valence-corrected chi connectivity index (χ4v) is 2.76. The minimum atomic E-state index is -4.32. The summed E-state index contributed by atoms with van der Waals surface area (Å²) in [5, 5.41) is 28.5. The van der Waals surface area contributed by atoms with Crippen LogP contribution in [0.25, 0.3) is 0 Å². The molecular weight excluding hydrogens is 304 g/mol. The third-order valence-electron chi connectivity index (χ3n) is 2.81. The minimum Gasteiger partial charge on any atom is -0.479 e. The van der Waals surface area contributed by atoms with Crippen LogP contribution < -0.4 is 4.72 Å². The molecule has 1 rings (SSSR count). The van der Waals surface area contributed by atoms with Gasteiger partial charge < -0.3 is 10.2 Å². The lowest BCUT2D eigenvalue weighted by Crippen LogP contribution is -2.36. The van der Waals surface area contributed by atoms with E-state index in [2.05, 4.69) is 0 Å². The topological polar surface area (TPSA) is 147 Å². The van der Waals surface area contributed by atoms with Gasteiger partial charge in [-0.15, -0.1) is 0 Å². The summed E-state index contributed by atoms with van der Waals surface area (Å²) in [7, 11) is -4.32. The molecule has 0 bridgehead atoms. The van der Waals surface area contributed by atoms with Gasteiger partial charge in [-0.05, 0) is 31.0 Å². The van der Waals surface area contributed by atoms with E-state index >= 15 is 0 Å². The molecule has 1 aromatic carbocycles. The van der Waals surface area contributed by atoms with Gasteiger partial charge in [-0.1, -0.05) is 0 Å². The SMILES string of the molecule is Cc1cc([N+](=O)[O-])c(S(=O)(=O)NC[C@H](O)C(=O)O)cc1C. The number of aryl methyl sites for hydroxylation is 2. The van der Waals surface area contributed by atoms with Crippen molar-refractivity contribution in [1.82, 2.24) is 4.72 Å². The zero-order chi connectivity index (χ0) is 16.4. The molecule has 3 N–H and O–H groups in total. The Hall–Kier alpha value is -2.04. The largest absolute Gasteiger partial charge is 0.479 e. The molecule has 9 nitrogen and oxygen atoms in total. The molecule has 1 aromatic rings. The van der Waals surface area contributed by atoms with Gasteiger partial charge in [0, 0.05) is 12.6 Å². The molecule has 0 aliphatic rings. The number of carboxylic acid groups (broad SMARTS) is 1. The van der Waals surface area contributed by atoms with E-state index in [9.17, 15) is 23.3 Å². The molecule has 0 radical (unpaired) electrons. The second kappa shape index (κ2) is 6.16. The summed E-state index contributed by atoms with van der Waals surface area (Å²) in [4.78, 5) is 20.0. The van der Waals surface area contributed by atoms with E-state index in [4.69, 9.17) is 10.2 Å². The van der Waals surface area contributed by atoms with Crippen molar-refractivity contribution in [2.45, 2.75) is 24.8 Å². The molecule has 116 valence electrons. The number of hydrogen-bond donors (Lipinski definition) is 3. The minimum absolute atomic E-state index is 0.528. The number of nitro groups is 1. The average molecular weight is 318 g/mol. The van der Waals surface area contributed by atoms with Crippen molar-refractivity contribution in [3.63, 3.8) is 0 Å². The first-order chi connectivity index (χ1) is 9.56. The third-order valence-corrected chi connectivity index (χ3v) is 4.27. The Balaban J connectivity index is 3.22. The summed E-state index contributed by atoms with van der Waals surface area (Å²) in [5.41, 5.74) is 0.460. The van der Waals surface area contributed by atoms with Gasteiger partial charge in [0.15, 0.2) is 11.0 Å². The number of aliphatic hydroxyl groups excluding tert-OH is 1.